The summed E-state index contributed by atoms with van der Waals surface area (Å²) in [5.41, 5.74) is 5.40. The summed E-state index contributed by atoms with van der Waals surface area (Å²) < 4.78 is 24.5. The topological polar surface area (TPSA) is 135 Å². The molecule has 0 radical (unpaired) electrons. The van der Waals surface area contributed by atoms with Crippen molar-refractivity contribution in [1.82, 2.24) is 40.4 Å². The number of benzene rings is 2. The van der Waals surface area contributed by atoms with Gasteiger partial charge < -0.3 is 23.5 Å². The minimum Gasteiger partial charge on any atom is -0.473 e. The average Bonchev–Trinajstić information content (AvgIpc) is 3.63. The molecule has 3 heterocycles. The maximum atomic E-state index is 6.03. The van der Waals surface area contributed by atoms with Gasteiger partial charge in [-0.3, -0.25) is 0 Å². The molecule has 42 heavy (non-hydrogen) atoms. The van der Waals surface area contributed by atoms with Crippen LogP contribution in [0.4, 0.5) is 0 Å². The molecule has 0 saturated heterocycles. The van der Waals surface area contributed by atoms with Crippen molar-refractivity contribution in [2.24, 2.45) is 5.41 Å². The Morgan fingerprint density at radius 3 is 2.10 bits per heavy atom. The zero-order chi connectivity index (χ0) is 29.5. The minimum absolute atomic E-state index is 0.0170. The minimum atomic E-state index is -0.0170. The molecule has 0 atom stereocenters. The number of methoxy groups -OCH3 is 2. The molecule has 220 valence electrons. The first-order chi connectivity index (χ1) is 20.4. The Bertz CT molecular complexity index is 1590. The predicted molar refractivity (Wildman–Crippen MR) is 157 cm³/mol. The molecule has 0 aliphatic rings. The van der Waals surface area contributed by atoms with Crippen LogP contribution in [-0.4, -0.2) is 81.0 Å². The number of aromatic nitrogens is 8. The predicted octanol–water partition coefficient (Wildman–Crippen LogP) is 4.36. The molecule has 5 rings (SSSR count). The van der Waals surface area contributed by atoms with Gasteiger partial charge in [0, 0.05) is 32.7 Å². The van der Waals surface area contributed by atoms with Crippen molar-refractivity contribution in [2.75, 3.05) is 40.6 Å². The number of nitrogens with one attached hydrogen (secondary N) is 1. The molecule has 1 N–H and O–H groups in total. The van der Waals surface area contributed by atoms with E-state index in [2.05, 4.69) is 86.5 Å². The fraction of sp³-hybridized carbons (Fsp3) is 0.400. The lowest BCUT2D eigenvalue weighted by Gasteiger charge is -2.19. The maximum Gasteiger partial charge on any atom is 0.262 e. The average molecular weight is 573 g/mol. The molecular weight excluding hydrogens is 536 g/mol. The van der Waals surface area contributed by atoms with Gasteiger partial charge in [-0.15, -0.1) is 20.4 Å². The van der Waals surface area contributed by atoms with Gasteiger partial charge in [0.25, 0.3) is 11.8 Å². The number of hydrogen-bond acceptors (Lipinski definition) is 10. The Labute approximate surface area is 244 Å². The summed E-state index contributed by atoms with van der Waals surface area (Å²) in [6.45, 7) is 8.63. The Balaban J connectivity index is 1.54. The zero-order valence-electron chi connectivity index (χ0n) is 24.6. The number of hydrogen-bond donors (Lipinski definition) is 1. The van der Waals surface area contributed by atoms with Crippen LogP contribution >= 0.6 is 0 Å². The number of ether oxygens (including phenoxy) is 4. The van der Waals surface area contributed by atoms with Gasteiger partial charge >= 0.3 is 0 Å². The van der Waals surface area contributed by atoms with E-state index in [1.165, 1.54) is 0 Å². The normalized spacial score (nSPS) is 11.7. The number of nitrogens with zero attached hydrogens (tertiary/aromatic N) is 7. The molecule has 3 aromatic heterocycles. The monoisotopic (exact) mass is 572 g/mol. The van der Waals surface area contributed by atoms with E-state index < -0.39 is 0 Å². The molecule has 0 aliphatic heterocycles. The van der Waals surface area contributed by atoms with Gasteiger partial charge in [-0.25, -0.2) is 4.98 Å². The Hall–Kier alpha value is -4.42. The highest BCUT2D eigenvalue weighted by Gasteiger charge is 2.25. The number of H-pyrrole nitrogens is 1. The SMILES string of the molecule is COCCOc1nnc(OCCOC)c2c1nc(CC(C)(C)C)n2Cc1ccc(-c2ccccc2-c2nn[nH]n2)cc1. The number of aromatic amines is 1. The van der Waals surface area contributed by atoms with Crippen LogP contribution in [0, 0.1) is 5.41 Å². The molecular formula is C30H36N8O4. The van der Waals surface area contributed by atoms with Crippen molar-refractivity contribution in [3.8, 4) is 34.3 Å². The Morgan fingerprint density at radius 1 is 0.786 bits per heavy atom. The summed E-state index contributed by atoms with van der Waals surface area (Å²) >= 11 is 0. The smallest absolute Gasteiger partial charge is 0.262 e. The fourth-order valence-electron chi connectivity index (χ4n) is 4.65. The molecule has 0 bridgehead atoms. The number of tetrazole rings is 1. The molecule has 0 unspecified atom stereocenters. The van der Waals surface area contributed by atoms with Crippen LogP contribution in [-0.2, 0) is 22.4 Å². The molecule has 12 nitrogen and oxygen atoms in total. The highest BCUT2D eigenvalue weighted by Crippen LogP contribution is 2.34. The molecule has 0 fully saturated rings. The molecule has 12 heteroatoms. The van der Waals surface area contributed by atoms with Crippen LogP contribution in [0.15, 0.2) is 48.5 Å². The molecule has 2 aromatic carbocycles. The third-order valence-corrected chi connectivity index (χ3v) is 6.54. The second-order valence-electron chi connectivity index (χ2n) is 11.0. The van der Waals surface area contributed by atoms with Crippen LogP contribution in [0.25, 0.3) is 33.5 Å². The van der Waals surface area contributed by atoms with Gasteiger partial charge in [-0.2, -0.15) is 5.21 Å². The van der Waals surface area contributed by atoms with Crippen LogP contribution < -0.4 is 9.47 Å². The highest BCUT2D eigenvalue weighted by atomic mass is 16.5. The first-order valence-corrected chi connectivity index (χ1v) is 13.8. The first kappa shape index (κ1) is 29.1. The largest absolute Gasteiger partial charge is 0.473 e. The van der Waals surface area contributed by atoms with Crippen molar-refractivity contribution in [3.63, 3.8) is 0 Å². The van der Waals surface area contributed by atoms with Crippen LogP contribution in [0.5, 0.6) is 11.8 Å². The number of imidazole rings is 1. The van der Waals surface area contributed by atoms with Gasteiger partial charge in [0.05, 0.1) is 13.2 Å². The van der Waals surface area contributed by atoms with Crippen LogP contribution in [0.2, 0.25) is 0 Å². The second-order valence-corrected chi connectivity index (χ2v) is 11.0. The van der Waals surface area contributed by atoms with Crippen molar-refractivity contribution < 1.29 is 18.9 Å². The summed E-state index contributed by atoms with van der Waals surface area (Å²) in [5.74, 6) is 2.19. The molecule has 5 aromatic rings. The van der Waals surface area contributed by atoms with E-state index in [9.17, 15) is 0 Å². The lowest BCUT2D eigenvalue weighted by atomic mass is 9.92. The molecule has 0 spiro atoms. The first-order valence-electron chi connectivity index (χ1n) is 13.8. The quantitative estimate of drug-likeness (QED) is 0.203. The summed E-state index contributed by atoms with van der Waals surface area (Å²) in [7, 11) is 3.26. The van der Waals surface area contributed by atoms with E-state index in [1.54, 1.807) is 14.2 Å². The van der Waals surface area contributed by atoms with E-state index in [4.69, 9.17) is 23.9 Å². The highest BCUT2D eigenvalue weighted by molar-refractivity contribution is 5.85. The van der Waals surface area contributed by atoms with E-state index in [1.807, 2.05) is 18.2 Å². The van der Waals surface area contributed by atoms with Crippen molar-refractivity contribution in [2.45, 2.75) is 33.7 Å². The van der Waals surface area contributed by atoms with Gasteiger partial charge in [-0.05, 0) is 27.3 Å². The van der Waals surface area contributed by atoms with Crippen molar-refractivity contribution in [3.05, 3.63) is 59.9 Å². The van der Waals surface area contributed by atoms with E-state index >= 15 is 0 Å². The number of fused-ring (bicyclic) bond motifs is 1. The summed E-state index contributed by atoms with van der Waals surface area (Å²) in [5, 5.41) is 23.3. The third kappa shape index (κ3) is 6.72. The van der Waals surface area contributed by atoms with E-state index in [0.29, 0.717) is 56.1 Å². The van der Waals surface area contributed by atoms with Crippen molar-refractivity contribution >= 4 is 11.0 Å². The van der Waals surface area contributed by atoms with Gasteiger partial charge in [0.1, 0.15) is 24.6 Å². The van der Waals surface area contributed by atoms with Gasteiger partial charge in [0.2, 0.25) is 5.82 Å². The lowest BCUT2D eigenvalue weighted by molar-refractivity contribution is 0.140. The summed E-state index contributed by atoms with van der Waals surface area (Å²) in [4.78, 5) is 5.03. The maximum absolute atomic E-state index is 6.03. The molecule has 0 amide bonds. The summed E-state index contributed by atoms with van der Waals surface area (Å²) in [6, 6.07) is 16.4. The Morgan fingerprint density at radius 2 is 1.45 bits per heavy atom. The standard InChI is InChI=1S/C30H36N8O4/c1-30(2,3)18-24-31-25-26(29(42-17-15-40-5)35-34-28(25)41-16-14-39-4)38(24)19-20-10-12-21(13-11-20)22-8-6-7-9-23(22)27-32-36-37-33-27/h6-13H,14-19H2,1-5H3,(H,32,33,36,37). The Kier molecular flexibility index (Phi) is 9.03. The van der Waals surface area contributed by atoms with E-state index in [-0.39, 0.29) is 5.41 Å². The van der Waals surface area contributed by atoms with Crippen molar-refractivity contribution in [1.29, 1.82) is 0 Å². The summed E-state index contributed by atoms with van der Waals surface area (Å²) in [6.07, 6.45) is 0.729. The van der Waals surface area contributed by atoms with Crippen LogP contribution in [0.1, 0.15) is 32.2 Å². The molecule has 0 saturated carbocycles. The lowest BCUT2D eigenvalue weighted by Crippen LogP contribution is -2.15. The van der Waals surface area contributed by atoms with Gasteiger partial charge in [0.15, 0.2) is 5.52 Å². The molecule has 0 aliphatic carbocycles. The fourth-order valence-corrected chi connectivity index (χ4v) is 4.65. The van der Waals surface area contributed by atoms with Gasteiger partial charge in [-0.1, -0.05) is 69.3 Å². The second kappa shape index (κ2) is 13.0. The van der Waals surface area contributed by atoms with E-state index in [0.717, 1.165) is 40.0 Å². The third-order valence-electron chi connectivity index (χ3n) is 6.54. The zero-order valence-corrected chi connectivity index (χ0v) is 24.6. The van der Waals surface area contributed by atoms with Crippen LogP contribution in [0.3, 0.4) is 0 Å². The number of rotatable bonds is 13.